The summed E-state index contributed by atoms with van der Waals surface area (Å²) in [6.07, 6.45) is 1.63. The third-order valence-electron chi connectivity index (χ3n) is 4.17. The van der Waals surface area contributed by atoms with Crippen LogP contribution in [0.3, 0.4) is 0 Å². The first-order valence-corrected chi connectivity index (χ1v) is 9.37. The molecular weight excluding hydrogens is 374 g/mol. The van der Waals surface area contributed by atoms with Crippen molar-refractivity contribution in [3.8, 4) is 11.6 Å². The lowest BCUT2D eigenvalue weighted by Gasteiger charge is -2.09. The fourth-order valence-electron chi connectivity index (χ4n) is 2.87. The number of carbonyl (C=O) groups is 1. The van der Waals surface area contributed by atoms with E-state index in [1.807, 2.05) is 40.1 Å². The summed E-state index contributed by atoms with van der Waals surface area (Å²) in [4.78, 5) is 17.4. The number of benzene rings is 2. The average Bonchev–Trinajstić information content (AvgIpc) is 3.42. The van der Waals surface area contributed by atoms with Gasteiger partial charge in [-0.15, -0.1) is 21.5 Å². The fraction of sp³-hybridized carbons (Fsp3) is 0. The third-order valence-corrected chi connectivity index (χ3v) is 5.04. The molecule has 8 heteroatoms. The zero-order valence-corrected chi connectivity index (χ0v) is 15.3. The summed E-state index contributed by atoms with van der Waals surface area (Å²) >= 11 is 1.40. The molecule has 3 heterocycles. The molecular formula is C20H13N5O2S. The lowest BCUT2D eigenvalue weighted by molar-refractivity contribution is 0.103. The van der Waals surface area contributed by atoms with Crippen LogP contribution in [0.1, 0.15) is 9.67 Å². The molecule has 28 heavy (non-hydrogen) atoms. The number of para-hydroxylation sites is 2. The number of carbonyl (C=O) groups excluding carboxylic acids is 1. The van der Waals surface area contributed by atoms with E-state index in [1.165, 1.54) is 11.3 Å². The van der Waals surface area contributed by atoms with Crippen molar-refractivity contribution < 1.29 is 9.53 Å². The minimum atomic E-state index is -0.134. The second-order valence-electron chi connectivity index (χ2n) is 5.99. The molecule has 0 atom stereocenters. The molecule has 0 bridgehead atoms. The number of aromatic nitrogens is 4. The lowest BCUT2D eigenvalue weighted by atomic mass is 10.3. The standard InChI is InChI=1S/C20H13N5O2S/c26-19(17-6-3-11-28-17)22-13-7-9-14(10-8-13)27-20-18-24-21-12-25(18)16-5-2-1-4-15(16)23-20/h1-12H,(H,22,26). The minimum Gasteiger partial charge on any atom is -0.436 e. The largest absolute Gasteiger partial charge is 0.436 e. The highest BCUT2D eigenvalue weighted by atomic mass is 32.1. The number of hydrogen-bond acceptors (Lipinski definition) is 6. The van der Waals surface area contributed by atoms with Crippen LogP contribution < -0.4 is 10.1 Å². The molecule has 0 fully saturated rings. The number of nitrogens with one attached hydrogen (secondary N) is 1. The molecule has 0 aliphatic heterocycles. The van der Waals surface area contributed by atoms with Gasteiger partial charge in [-0.1, -0.05) is 18.2 Å². The molecule has 0 saturated carbocycles. The van der Waals surface area contributed by atoms with E-state index in [4.69, 9.17) is 4.74 Å². The van der Waals surface area contributed by atoms with Crippen molar-refractivity contribution in [3.05, 3.63) is 77.2 Å². The summed E-state index contributed by atoms with van der Waals surface area (Å²) in [5.41, 5.74) is 2.91. The molecule has 0 saturated heterocycles. The van der Waals surface area contributed by atoms with Crippen molar-refractivity contribution in [1.82, 2.24) is 19.6 Å². The van der Waals surface area contributed by atoms with Gasteiger partial charge in [0.2, 0.25) is 5.65 Å². The Morgan fingerprint density at radius 3 is 2.71 bits per heavy atom. The smallest absolute Gasteiger partial charge is 0.266 e. The molecule has 0 aliphatic carbocycles. The molecule has 5 aromatic rings. The zero-order chi connectivity index (χ0) is 18.9. The summed E-state index contributed by atoms with van der Waals surface area (Å²) < 4.78 is 7.79. The molecule has 0 aliphatic rings. The molecule has 0 spiro atoms. The fourth-order valence-corrected chi connectivity index (χ4v) is 3.48. The Morgan fingerprint density at radius 2 is 1.89 bits per heavy atom. The quantitative estimate of drug-likeness (QED) is 0.495. The molecule has 0 radical (unpaired) electrons. The van der Waals surface area contributed by atoms with Gasteiger partial charge in [0.15, 0.2) is 0 Å². The molecule has 136 valence electrons. The van der Waals surface area contributed by atoms with Crippen LogP contribution in [0.2, 0.25) is 0 Å². The van der Waals surface area contributed by atoms with Gasteiger partial charge in [0.25, 0.3) is 11.8 Å². The van der Waals surface area contributed by atoms with Crippen LogP contribution in [0.25, 0.3) is 16.7 Å². The van der Waals surface area contributed by atoms with Crippen LogP contribution >= 0.6 is 11.3 Å². The maximum absolute atomic E-state index is 12.1. The van der Waals surface area contributed by atoms with Gasteiger partial charge in [0.05, 0.1) is 15.9 Å². The van der Waals surface area contributed by atoms with Crippen LogP contribution in [-0.4, -0.2) is 25.5 Å². The predicted molar refractivity (Wildman–Crippen MR) is 107 cm³/mol. The van der Waals surface area contributed by atoms with Crippen molar-refractivity contribution in [3.63, 3.8) is 0 Å². The van der Waals surface area contributed by atoms with Gasteiger partial charge < -0.3 is 10.1 Å². The van der Waals surface area contributed by atoms with E-state index >= 15 is 0 Å². The number of rotatable bonds is 4. The van der Waals surface area contributed by atoms with Crippen molar-refractivity contribution in [2.24, 2.45) is 0 Å². The van der Waals surface area contributed by atoms with Gasteiger partial charge in [-0.05, 0) is 47.8 Å². The van der Waals surface area contributed by atoms with E-state index < -0.39 is 0 Å². The number of fused-ring (bicyclic) bond motifs is 3. The minimum absolute atomic E-state index is 0.134. The molecule has 5 rings (SSSR count). The number of anilines is 1. The van der Waals surface area contributed by atoms with Gasteiger partial charge in [-0.2, -0.15) is 0 Å². The third kappa shape index (κ3) is 2.95. The number of nitrogens with zero attached hydrogens (tertiary/aromatic N) is 4. The van der Waals surface area contributed by atoms with E-state index in [-0.39, 0.29) is 5.91 Å². The van der Waals surface area contributed by atoms with Crippen LogP contribution in [0.15, 0.2) is 72.4 Å². The monoisotopic (exact) mass is 387 g/mol. The number of thiophene rings is 1. The number of ether oxygens (including phenoxy) is 1. The van der Waals surface area contributed by atoms with Gasteiger partial charge in [0, 0.05) is 5.69 Å². The van der Waals surface area contributed by atoms with Crippen LogP contribution in [0.4, 0.5) is 5.69 Å². The first kappa shape index (κ1) is 16.4. The Bertz CT molecular complexity index is 1280. The summed E-state index contributed by atoms with van der Waals surface area (Å²) in [5, 5.41) is 12.8. The van der Waals surface area contributed by atoms with Crippen LogP contribution in [-0.2, 0) is 0 Å². The van der Waals surface area contributed by atoms with E-state index in [9.17, 15) is 4.79 Å². The molecule has 3 aromatic heterocycles. The second kappa shape index (κ2) is 6.75. The molecule has 2 aromatic carbocycles. The van der Waals surface area contributed by atoms with E-state index in [0.717, 1.165) is 11.0 Å². The summed E-state index contributed by atoms with van der Waals surface area (Å²) in [7, 11) is 0. The summed E-state index contributed by atoms with van der Waals surface area (Å²) in [6, 6.07) is 18.4. The topological polar surface area (TPSA) is 81.4 Å². The maximum atomic E-state index is 12.1. The Balaban J connectivity index is 1.41. The van der Waals surface area contributed by atoms with Crippen molar-refractivity contribution in [2.75, 3.05) is 5.32 Å². The Kier molecular flexibility index (Phi) is 3.95. The second-order valence-corrected chi connectivity index (χ2v) is 6.94. The van der Waals surface area contributed by atoms with Gasteiger partial charge >= 0.3 is 0 Å². The lowest BCUT2D eigenvalue weighted by Crippen LogP contribution is -2.09. The predicted octanol–water partition coefficient (Wildman–Crippen LogP) is 4.38. The van der Waals surface area contributed by atoms with E-state index in [1.54, 1.807) is 36.7 Å². The Labute approximate surface area is 163 Å². The summed E-state index contributed by atoms with van der Waals surface area (Å²) in [6.45, 7) is 0. The highest BCUT2D eigenvalue weighted by Gasteiger charge is 2.12. The number of hydrogen-bond donors (Lipinski definition) is 1. The molecule has 0 unspecified atom stereocenters. The normalized spacial score (nSPS) is 11.0. The van der Waals surface area contributed by atoms with E-state index in [0.29, 0.717) is 27.8 Å². The van der Waals surface area contributed by atoms with Gasteiger partial charge in [-0.25, -0.2) is 4.98 Å². The first-order chi connectivity index (χ1) is 13.8. The van der Waals surface area contributed by atoms with Crippen molar-refractivity contribution in [1.29, 1.82) is 0 Å². The Hall–Kier alpha value is -3.78. The molecule has 1 N–H and O–H groups in total. The SMILES string of the molecule is O=C(Nc1ccc(Oc2nc3ccccc3n3cnnc23)cc1)c1cccs1. The molecule has 7 nitrogen and oxygen atoms in total. The van der Waals surface area contributed by atoms with Crippen molar-refractivity contribution in [2.45, 2.75) is 0 Å². The van der Waals surface area contributed by atoms with Gasteiger partial charge in [0.1, 0.15) is 12.1 Å². The van der Waals surface area contributed by atoms with E-state index in [2.05, 4.69) is 20.5 Å². The van der Waals surface area contributed by atoms with Crippen LogP contribution in [0, 0.1) is 0 Å². The Morgan fingerprint density at radius 1 is 1.04 bits per heavy atom. The summed E-state index contributed by atoms with van der Waals surface area (Å²) in [5.74, 6) is 0.818. The van der Waals surface area contributed by atoms with Crippen LogP contribution in [0.5, 0.6) is 11.6 Å². The highest BCUT2D eigenvalue weighted by Crippen LogP contribution is 2.27. The highest BCUT2D eigenvalue weighted by molar-refractivity contribution is 7.12. The maximum Gasteiger partial charge on any atom is 0.266 e. The average molecular weight is 387 g/mol. The zero-order valence-electron chi connectivity index (χ0n) is 14.4. The number of amides is 1. The van der Waals surface area contributed by atoms with Gasteiger partial charge in [-0.3, -0.25) is 9.20 Å². The first-order valence-electron chi connectivity index (χ1n) is 8.49. The van der Waals surface area contributed by atoms with Crippen molar-refractivity contribution >= 4 is 39.6 Å². The molecule has 1 amide bonds.